The molecule has 0 aliphatic heterocycles. The Labute approximate surface area is 301 Å². The van der Waals surface area contributed by atoms with Gasteiger partial charge in [-0.1, -0.05) is 79.4 Å². The summed E-state index contributed by atoms with van der Waals surface area (Å²) in [6.45, 7) is 1.38. The third-order valence-electron chi connectivity index (χ3n) is 9.25. The fourth-order valence-electron chi connectivity index (χ4n) is 6.41. The first kappa shape index (κ1) is 37.2. The minimum Gasteiger partial charge on any atom is -0.497 e. The molecule has 0 aromatic heterocycles. The van der Waals surface area contributed by atoms with E-state index < -0.39 is 28.5 Å². The standard InChI is InChI=1S/C40H47N3O7S/c1-29-18-20-33(21-19-29)43(51(46,47)35-22-23-37(49-3)38(26-35)50-4)28-39(44)42(27-31-14-11-17-34(24-31)48-2)36(25-30-12-7-5-8-13-30)40(45)41-32-15-9-6-10-16-32/h5,7-8,11-14,17-24,26,32,36H,6,9-10,15-16,25,27-28H2,1-4H3,(H,41,45)/t36-/m0/s1. The van der Waals surface area contributed by atoms with Crippen LogP contribution in [0.1, 0.15) is 48.8 Å². The minimum absolute atomic E-state index is 0.00721. The van der Waals surface area contributed by atoms with E-state index in [0.29, 0.717) is 17.2 Å². The maximum atomic E-state index is 14.8. The van der Waals surface area contributed by atoms with E-state index in [1.165, 1.54) is 37.3 Å². The maximum Gasteiger partial charge on any atom is 0.264 e. The van der Waals surface area contributed by atoms with Crippen LogP contribution >= 0.6 is 0 Å². The Hall–Kier alpha value is -5.03. The quantitative estimate of drug-likeness (QED) is 0.154. The molecular weight excluding hydrogens is 667 g/mol. The Morgan fingerprint density at radius 3 is 2.14 bits per heavy atom. The van der Waals surface area contributed by atoms with Crippen LogP contribution in [0.3, 0.4) is 0 Å². The molecule has 11 heteroatoms. The van der Waals surface area contributed by atoms with E-state index in [1.54, 1.807) is 31.4 Å². The molecule has 0 saturated heterocycles. The maximum absolute atomic E-state index is 14.8. The van der Waals surface area contributed by atoms with Gasteiger partial charge in [-0.2, -0.15) is 0 Å². The van der Waals surface area contributed by atoms with Gasteiger partial charge in [0, 0.05) is 25.1 Å². The summed E-state index contributed by atoms with van der Waals surface area (Å²) in [6, 6.07) is 27.2. The van der Waals surface area contributed by atoms with Gasteiger partial charge in [0.2, 0.25) is 11.8 Å². The van der Waals surface area contributed by atoms with Crippen LogP contribution in [0.5, 0.6) is 17.2 Å². The SMILES string of the molecule is COc1cccc(CN(C(=O)CN(c2ccc(C)cc2)S(=O)(=O)c2ccc(OC)c(OC)c2)[C@@H](Cc2ccccc2)C(=O)NC2CCCCC2)c1. The average molecular weight is 714 g/mol. The third kappa shape index (κ3) is 9.40. The number of carbonyl (C=O) groups is 2. The molecule has 0 radical (unpaired) electrons. The van der Waals surface area contributed by atoms with Crippen molar-refractivity contribution in [2.45, 2.75) is 69.0 Å². The van der Waals surface area contributed by atoms with Crippen LogP contribution in [0.15, 0.2) is 102 Å². The number of nitrogens with one attached hydrogen (secondary N) is 1. The Balaban J connectivity index is 1.59. The molecule has 4 aromatic rings. The van der Waals surface area contributed by atoms with Gasteiger partial charge >= 0.3 is 0 Å². The number of hydrogen-bond acceptors (Lipinski definition) is 7. The number of aryl methyl sites for hydroxylation is 1. The number of carbonyl (C=O) groups excluding carboxylic acids is 2. The van der Waals surface area contributed by atoms with E-state index in [4.69, 9.17) is 14.2 Å². The summed E-state index contributed by atoms with van der Waals surface area (Å²) in [7, 11) is 0.128. The van der Waals surface area contributed by atoms with Crippen molar-refractivity contribution >= 4 is 27.5 Å². The molecule has 5 rings (SSSR count). The molecule has 1 fully saturated rings. The molecule has 1 N–H and O–H groups in total. The molecule has 51 heavy (non-hydrogen) atoms. The zero-order valence-corrected chi connectivity index (χ0v) is 30.5. The predicted molar refractivity (Wildman–Crippen MR) is 198 cm³/mol. The first-order valence-corrected chi connectivity index (χ1v) is 18.6. The molecule has 0 heterocycles. The first-order valence-electron chi connectivity index (χ1n) is 17.2. The van der Waals surface area contributed by atoms with Crippen molar-refractivity contribution in [1.82, 2.24) is 10.2 Å². The fraction of sp³-hybridized carbons (Fsp3) is 0.350. The van der Waals surface area contributed by atoms with Gasteiger partial charge in [0.15, 0.2) is 11.5 Å². The highest BCUT2D eigenvalue weighted by atomic mass is 32.2. The van der Waals surface area contributed by atoms with Gasteiger partial charge in [0.05, 0.1) is 31.9 Å². The number of sulfonamides is 1. The Kier molecular flexibility index (Phi) is 12.6. The molecule has 4 aromatic carbocycles. The molecular formula is C40H47N3O7S. The lowest BCUT2D eigenvalue weighted by Gasteiger charge is -2.35. The molecule has 0 spiro atoms. The smallest absolute Gasteiger partial charge is 0.264 e. The molecule has 0 unspecified atom stereocenters. The highest BCUT2D eigenvalue weighted by molar-refractivity contribution is 7.92. The van der Waals surface area contributed by atoms with E-state index in [0.717, 1.165) is 53.1 Å². The molecule has 1 atom stereocenters. The Bertz CT molecular complexity index is 1880. The number of nitrogens with zero attached hydrogens (tertiary/aromatic N) is 2. The highest BCUT2D eigenvalue weighted by Gasteiger charge is 2.36. The van der Waals surface area contributed by atoms with Gasteiger partial charge in [0.25, 0.3) is 10.0 Å². The third-order valence-corrected chi connectivity index (χ3v) is 11.0. The van der Waals surface area contributed by atoms with Crippen molar-refractivity contribution in [2.75, 3.05) is 32.2 Å². The van der Waals surface area contributed by atoms with Crippen molar-refractivity contribution < 1.29 is 32.2 Å². The van der Waals surface area contributed by atoms with Crippen LogP contribution < -0.4 is 23.8 Å². The summed E-state index contributed by atoms with van der Waals surface area (Å²) in [4.78, 5) is 30.6. The lowest BCUT2D eigenvalue weighted by Crippen LogP contribution is -2.55. The highest BCUT2D eigenvalue weighted by Crippen LogP contribution is 2.33. The monoisotopic (exact) mass is 713 g/mol. The second kappa shape index (κ2) is 17.3. The van der Waals surface area contributed by atoms with Crippen LogP contribution in [0, 0.1) is 6.92 Å². The number of hydrogen-bond donors (Lipinski definition) is 1. The Morgan fingerprint density at radius 1 is 0.784 bits per heavy atom. The number of methoxy groups -OCH3 is 3. The van der Waals surface area contributed by atoms with Crippen LogP contribution in [-0.4, -0.2) is 65.1 Å². The van der Waals surface area contributed by atoms with E-state index in [9.17, 15) is 18.0 Å². The normalized spacial score (nSPS) is 13.9. The molecule has 10 nitrogen and oxygen atoms in total. The second-order valence-corrected chi connectivity index (χ2v) is 14.6. The fourth-order valence-corrected chi connectivity index (χ4v) is 7.84. The summed E-state index contributed by atoms with van der Waals surface area (Å²) in [5, 5.41) is 3.24. The lowest BCUT2D eigenvalue weighted by atomic mass is 9.94. The van der Waals surface area contributed by atoms with Crippen molar-refractivity contribution in [3.05, 3.63) is 114 Å². The zero-order valence-electron chi connectivity index (χ0n) is 29.7. The Morgan fingerprint density at radius 2 is 1.47 bits per heavy atom. The summed E-state index contributed by atoms with van der Waals surface area (Å²) in [6.07, 6.45) is 5.17. The lowest BCUT2D eigenvalue weighted by molar-refractivity contribution is -0.140. The van der Waals surface area contributed by atoms with Crippen LogP contribution in [0.4, 0.5) is 5.69 Å². The van der Waals surface area contributed by atoms with Gasteiger partial charge in [-0.3, -0.25) is 13.9 Å². The first-order chi connectivity index (χ1) is 24.6. The van der Waals surface area contributed by atoms with E-state index in [2.05, 4.69) is 5.32 Å². The van der Waals surface area contributed by atoms with Crippen molar-refractivity contribution in [3.8, 4) is 17.2 Å². The number of benzene rings is 4. The van der Waals surface area contributed by atoms with Gasteiger partial charge in [-0.15, -0.1) is 0 Å². The van der Waals surface area contributed by atoms with Crippen molar-refractivity contribution in [1.29, 1.82) is 0 Å². The van der Waals surface area contributed by atoms with Gasteiger partial charge in [-0.25, -0.2) is 8.42 Å². The largest absolute Gasteiger partial charge is 0.497 e. The molecule has 1 aliphatic rings. The predicted octanol–water partition coefficient (Wildman–Crippen LogP) is 6.31. The van der Waals surface area contributed by atoms with Crippen LogP contribution in [0.2, 0.25) is 0 Å². The zero-order chi connectivity index (χ0) is 36.4. The molecule has 0 bridgehead atoms. The second-order valence-electron chi connectivity index (χ2n) is 12.8. The van der Waals surface area contributed by atoms with Crippen LogP contribution in [0.25, 0.3) is 0 Å². The van der Waals surface area contributed by atoms with Crippen molar-refractivity contribution in [2.24, 2.45) is 0 Å². The van der Waals surface area contributed by atoms with E-state index in [-0.39, 0.29) is 35.6 Å². The van der Waals surface area contributed by atoms with Gasteiger partial charge in [0.1, 0.15) is 18.3 Å². The molecule has 1 saturated carbocycles. The molecule has 2 amide bonds. The number of ether oxygens (including phenoxy) is 3. The summed E-state index contributed by atoms with van der Waals surface area (Å²) in [5.74, 6) is 0.389. The summed E-state index contributed by atoms with van der Waals surface area (Å²) >= 11 is 0. The van der Waals surface area contributed by atoms with Gasteiger partial charge in [-0.05, 0) is 67.3 Å². The topological polar surface area (TPSA) is 114 Å². The number of amides is 2. The summed E-state index contributed by atoms with van der Waals surface area (Å²) in [5.41, 5.74) is 2.83. The molecule has 270 valence electrons. The van der Waals surface area contributed by atoms with Crippen LogP contribution in [-0.2, 0) is 32.6 Å². The van der Waals surface area contributed by atoms with Gasteiger partial charge < -0.3 is 24.4 Å². The summed E-state index contributed by atoms with van der Waals surface area (Å²) < 4.78 is 46.3. The minimum atomic E-state index is -4.33. The van der Waals surface area contributed by atoms with Crippen molar-refractivity contribution in [3.63, 3.8) is 0 Å². The number of anilines is 1. The number of rotatable bonds is 15. The van der Waals surface area contributed by atoms with E-state index >= 15 is 0 Å². The molecule has 1 aliphatic carbocycles. The van der Waals surface area contributed by atoms with E-state index in [1.807, 2.05) is 61.5 Å². The average Bonchev–Trinajstić information content (AvgIpc) is 3.16.